The average Bonchev–Trinajstić information content (AvgIpc) is 3.42. The number of aromatic nitrogens is 5. The normalized spacial score (nSPS) is 12.7. The van der Waals surface area contributed by atoms with Gasteiger partial charge in [-0.1, -0.05) is 23.7 Å². The molecule has 8 nitrogen and oxygen atoms in total. The Labute approximate surface area is 205 Å². The minimum Gasteiger partial charge on any atom is -0.360 e. The van der Waals surface area contributed by atoms with Crippen LogP contribution < -0.4 is 10.2 Å². The summed E-state index contributed by atoms with van der Waals surface area (Å²) in [5.74, 6) is -2.66. The summed E-state index contributed by atoms with van der Waals surface area (Å²) in [6.45, 7) is 1.81. The maximum Gasteiger partial charge on any atom is 0.493 e. The van der Waals surface area contributed by atoms with Gasteiger partial charge in [0.2, 0.25) is 5.65 Å². The maximum atomic E-state index is 14.1. The zero-order valence-electron chi connectivity index (χ0n) is 18.3. The first-order chi connectivity index (χ1) is 17.1. The molecule has 13 heteroatoms. The molecule has 0 radical (unpaired) electrons. The van der Waals surface area contributed by atoms with Crippen LogP contribution in [0.3, 0.4) is 0 Å². The van der Waals surface area contributed by atoms with Crippen LogP contribution in [-0.4, -0.2) is 36.4 Å². The molecule has 0 spiro atoms. The molecule has 3 heterocycles. The highest BCUT2D eigenvalue weighted by molar-refractivity contribution is 6.35. The van der Waals surface area contributed by atoms with Crippen molar-refractivity contribution in [3.63, 3.8) is 0 Å². The lowest BCUT2D eigenvalue weighted by molar-refractivity contribution is -0.199. The van der Waals surface area contributed by atoms with Crippen molar-refractivity contribution in [1.82, 2.24) is 24.2 Å². The number of halogens is 5. The molecule has 0 bridgehead atoms. The molecule has 184 valence electrons. The van der Waals surface area contributed by atoms with E-state index in [-0.39, 0.29) is 17.0 Å². The fourth-order valence-corrected chi connectivity index (χ4v) is 4.07. The summed E-state index contributed by atoms with van der Waals surface area (Å²) < 4.78 is 54.3. The van der Waals surface area contributed by atoms with Crippen LogP contribution in [-0.2, 0) is 4.79 Å². The van der Waals surface area contributed by atoms with Crippen molar-refractivity contribution in [2.75, 3.05) is 5.32 Å². The molecule has 1 N–H and O–H groups in total. The number of carbonyl (C=O) groups excluding carboxylic acids is 1. The standard InChI is InChI=1S/C23H15ClF4N6O2/c1-12(32-20-19-21(30-10-29-20)33(11-31-19)36-22(35)23(26,27)28)18-9-15-16(24)6-3-7-17(15)34(18)14-5-2-4-13(25)8-14/h2-12H,1H3,(H,29,30,32). The van der Waals surface area contributed by atoms with Gasteiger partial charge in [0.15, 0.2) is 11.3 Å². The number of nitrogens with zero attached hydrogens (tertiary/aromatic N) is 5. The van der Waals surface area contributed by atoms with Crippen LogP contribution in [0.15, 0.2) is 61.2 Å². The summed E-state index contributed by atoms with van der Waals surface area (Å²) in [6.07, 6.45) is -3.21. The van der Waals surface area contributed by atoms with Crippen LogP contribution in [0.25, 0.3) is 27.8 Å². The monoisotopic (exact) mass is 518 g/mol. The lowest BCUT2D eigenvalue weighted by Crippen LogP contribution is -2.33. The van der Waals surface area contributed by atoms with Gasteiger partial charge >= 0.3 is 12.1 Å². The third-order valence-electron chi connectivity index (χ3n) is 5.40. The van der Waals surface area contributed by atoms with Gasteiger partial charge in [0.1, 0.15) is 18.5 Å². The van der Waals surface area contributed by atoms with Gasteiger partial charge in [0.25, 0.3) is 0 Å². The summed E-state index contributed by atoms with van der Waals surface area (Å²) in [4.78, 5) is 27.6. The molecule has 1 unspecified atom stereocenters. The molecule has 0 saturated heterocycles. The van der Waals surface area contributed by atoms with Gasteiger partial charge in [-0.3, -0.25) is 0 Å². The first-order valence-electron chi connectivity index (χ1n) is 10.4. The molecule has 0 aliphatic carbocycles. The van der Waals surface area contributed by atoms with Crippen molar-refractivity contribution in [1.29, 1.82) is 0 Å². The molecule has 36 heavy (non-hydrogen) atoms. The van der Waals surface area contributed by atoms with E-state index in [0.29, 0.717) is 21.1 Å². The smallest absolute Gasteiger partial charge is 0.360 e. The molecular formula is C23H15ClF4N6O2. The number of hydrogen-bond donors (Lipinski definition) is 1. The Balaban J connectivity index is 1.55. The predicted octanol–water partition coefficient (Wildman–Crippen LogP) is 5.25. The summed E-state index contributed by atoms with van der Waals surface area (Å²) in [6, 6.07) is 12.8. The van der Waals surface area contributed by atoms with E-state index in [0.717, 1.165) is 23.6 Å². The Morgan fingerprint density at radius 2 is 1.89 bits per heavy atom. The van der Waals surface area contributed by atoms with Gasteiger partial charge in [-0.2, -0.15) is 13.2 Å². The largest absolute Gasteiger partial charge is 0.493 e. The zero-order chi connectivity index (χ0) is 25.6. The highest BCUT2D eigenvalue weighted by Gasteiger charge is 2.42. The van der Waals surface area contributed by atoms with Crippen molar-refractivity contribution in [2.24, 2.45) is 0 Å². The van der Waals surface area contributed by atoms with E-state index in [1.54, 1.807) is 24.3 Å². The number of nitrogens with one attached hydrogen (secondary N) is 1. The quantitative estimate of drug-likeness (QED) is 0.320. The fraction of sp³-hybridized carbons (Fsp3) is 0.130. The molecular weight excluding hydrogens is 504 g/mol. The topological polar surface area (TPSA) is 86.9 Å². The van der Waals surface area contributed by atoms with E-state index in [1.165, 1.54) is 12.1 Å². The van der Waals surface area contributed by atoms with Gasteiger partial charge in [-0.05, 0) is 43.3 Å². The van der Waals surface area contributed by atoms with Crippen LogP contribution in [0.4, 0.5) is 23.4 Å². The second kappa shape index (κ2) is 8.79. The van der Waals surface area contributed by atoms with Crippen LogP contribution in [0.2, 0.25) is 5.02 Å². The Morgan fingerprint density at radius 3 is 2.64 bits per heavy atom. The van der Waals surface area contributed by atoms with Gasteiger partial charge in [0.05, 0.1) is 11.6 Å². The second-order valence-electron chi connectivity index (χ2n) is 7.76. The van der Waals surface area contributed by atoms with Gasteiger partial charge in [0, 0.05) is 21.8 Å². The summed E-state index contributed by atoms with van der Waals surface area (Å²) in [5, 5.41) is 4.40. The Bertz CT molecular complexity index is 1610. The van der Waals surface area contributed by atoms with Gasteiger partial charge in [-0.25, -0.2) is 24.1 Å². The molecule has 0 amide bonds. The van der Waals surface area contributed by atoms with E-state index in [4.69, 9.17) is 11.6 Å². The molecule has 5 aromatic rings. The van der Waals surface area contributed by atoms with Crippen molar-refractivity contribution >= 4 is 45.5 Å². The van der Waals surface area contributed by atoms with Crippen LogP contribution in [0.5, 0.6) is 0 Å². The van der Waals surface area contributed by atoms with Crippen LogP contribution in [0.1, 0.15) is 18.7 Å². The van der Waals surface area contributed by atoms with Gasteiger partial charge < -0.3 is 14.7 Å². The lowest BCUT2D eigenvalue weighted by atomic mass is 10.2. The number of rotatable bonds is 5. The number of alkyl halides is 3. The molecule has 0 fully saturated rings. The molecule has 5 rings (SSSR count). The number of benzene rings is 2. The van der Waals surface area contributed by atoms with Gasteiger partial charge in [-0.15, -0.1) is 4.73 Å². The number of fused-ring (bicyclic) bond motifs is 2. The molecule has 0 aliphatic rings. The summed E-state index contributed by atoms with van der Waals surface area (Å²) in [5.41, 5.74) is 1.93. The van der Waals surface area contributed by atoms with Crippen molar-refractivity contribution in [2.45, 2.75) is 19.1 Å². The Morgan fingerprint density at radius 1 is 1.11 bits per heavy atom. The third kappa shape index (κ3) is 4.19. The van der Waals surface area contributed by atoms with E-state index in [9.17, 15) is 22.4 Å². The SMILES string of the molecule is CC(Nc1ncnc2c1ncn2OC(=O)C(F)(F)F)c1cc2c(Cl)cccc2n1-c1cccc(F)c1. The average molecular weight is 519 g/mol. The first kappa shape index (κ1) is 23.5. The number of hydrogen-bond acceptors (Lipinski definition) is 6. The summed E-state index contributed by atoms with van der Waals surface area (Å²) in [7, 11) is 0. The molecule has 2 aromatic carbocycles. The minimum absolute atomic E-state index is 0.0748. The number of imidazole rings is 1. The lowest BCUT2D eigenvalue weighted by Gasteiger charge is -2.18. The van der Waals surface area contributed by atoms with Crippen molar-refractivity contribution in [3.8, 4) is 5.69 Å². The fourth-order valence-electron chi connectivity index (χ4n) is 3.84. The third-order valence-corrected chi connectivity index (χ3v) is 5.73. The molecule has 0 saturated carbocycles. The highest BCUT2D eigenvalue weighted by atomic mass is 35.5. The summed E-state index contributed by atoms with van der Waals surface area (Å²) >= 11 is 6.42. The van der Waals surface area contributed by atoms with Crippen LogP contribution in [0, 0.1) is 5.82 Å². The number of carbonyl (C=O) groups is 1. The number of anilines is 1. The Kier molecular flexibility index (Phi) is 5.75. The minimum atomic E-state index is -5.19. The maximum absolute atomic E-state index is 14.1. The molecule has 3 aromatic heterocycles. The first-order valence-corrected chi connectivity index (χ1v) is 10.8. The molecule has 1 atom stereocenters. The Hall–Kier alpha value is -4.19. The van der Waals surface area contributed by atoms with E-state index >= 15 is 0 Å². The van der Waals surface area contributed by atoms with Crippen molar-refractivity contribution < 1.29 is 27.2 Å². The van der Waals surface area contributed by atoms with E-state index < -0.39 is 24.0 Å². The van der Waals surface area contributed by atoms with E-state index in [1.807, 2.05) is 23.6 Å². The highest BCUT2D eigenvalue weighted by Crippen LogP contribution is 2.34. The van der Waals surface area contributed by atoms with E-state index in [2.05, 4.69) is 25.1 Å². The second-order valence-corrected chi connectivity index (χ2v) is 8.17. The van der Waals surface area contributed by atoms with Crippen molar-refractivity contribution in [3.05, 3.63) is 77.7 Å². The zero-order valence-corrected chi connectivity index (χ0v) is 19.0. The predicted molar refractivity (Wildman–Crippen MR) is 123 cm³/mol. The van der Waals surface area contributed by atoms with Crippen LogP contribution >= 0.6 is 11.6 Å². The molecule has 0 aliphatic heterocycles.